The lowest BCUT2D eigenvalue weighted by molar-refractivity contribution is 0.0956. The molecule has 1 rings (SSSR count). The Bertz CT molecular complexity index is 644. The summed E-state index contributed by atoms with van der Waals surface area (Å²) in [4.78, 5) is 11.5. The summed E-state index contributed by atoms with van der Waals surface area (Å²) in [6.07, 6.45) is 1.06. The van der Waals surface area contributed by atoms with Crippen LogP contribution in [-0.4, -0.2) is 41.3 Å². The molecule has 102 valence electrons. The maximum absolute atomic E-state index is 11.5. The molecule has 7 nitrogen and oxygen atoms in total. The summed E-state index contributed by atoms with van der Waals surface area (Å²) < 4.78 is 43.5. The van der Waals surface area contributed by atoms with Gasteiger partial charge in [0.05, 0.1) is 11.3 Å². The highest BCUT2D eigenvalue weighted by Gasteiger charge is 2.15. The number of thiophene rings is 1. The number of nitrogens with two attached hydrogens (primary N) is 1. The van der Waals surface area contributed by atoms with E-state index >= 15 is 0 Å². The monoisotopic (exact) mass is 312 g/mol. The molecule has 10 heteroatoms. The van der Waals surface area contributed by atoms with Gasteiger partial charge in [0.2, 0.25) is 10.0 Å². The van der Waals surface area contributed by atoms with Crippen molar-refractivity contribution in [2.75, 3.05) is 18.6 Å². The zero-order valence-electron chi connectivity index (χ0n) is 9.41. The molecule has 0 unspecified atom stereocenters. The Balaban J connectivity index is 2.66. The second kappa shape index (κ2) is 5.34. The molecule has 1 aromatic rings. The van der Waals surface area contributed by atoms with Gasteiger partial charge in [0, 0.05) is 18.2 Å². The minimum Gasteiger partial charge on any atom is -0.351 e. The van der Waals surface area contributed by atoms with Crippen LogP contribution in [0.25, 0.3) is 0 Å². The molecule has 0 saturated carbocycles. The zero-order chi connectivity index (χ0) is 14.0. The van der Waals surface area contributed by atoms with Gasteiger partial charge in [0.15, 0.2) is 0 Å². The zero-order valence-corrected chi connectivity index (χ0v) is 11.9. The molecule has 0 aliphatic carbocycles. The Morgan fingerprint density at radius 3 is 2.44 bits per heavy atom. The molecule has 18 heavy (non-hydrogen) atoms. The predicted molar refractivity (Wildman–Crippen MR) is 67.7 cm³/mol. The van der Waals surface area contributed by atoms with E-state index in [1.54, 1.807) is 0 Å². The highest BCUT2D eigenvalue weighted by atomic mass is 32.2. The van der Waals surface area contributed by atoms with Crippen molar-refractivity contribution >= 4 is 37.1 Å². The third-order valence-corrected chi connectivity index (χ3v) is 5.21. The summed E-state index contributed by atoms with van der Waals surface area (Å²) in [7, 11) is -6.96. The highest BCUT2D eigenvalue weighted by Crippen LogP contribution is 2.18. The topological polar surface area (TPSA) is 123 Å². The van der Waals surface area contributed by atoms with Crippen LogP contribution in [0, 0.1) is 0 Å². The number of sulfonamides is 1. The molecule has 0 saturated heterocycles. The quantitative estimate of drug-likeness (QED) is 0.734. The van der Waals surface area contributed by atoms with Gasteiger partial charge >= 0.3 is 0 Å². The van der Waals surface area contributed by atoms with Gasteiger partial charge in [-0.1, -0.05) is 0 Å². The lowest BCUT2D eigenvalue weighted by atomic mass is 10.3. The molecule has 1 aromatic heterocycles. The van der Waals surface area contributed by atoms with Crippen LogP contribution in [0.2, 0.25) is 0 Å². The smallest absolute Gasteiger partial charge is 0.252 e. The van der Waals surface area contributed by atoms with Gasteiger partial charge in [-0.2, -0.15) is 0 Å². The molecule has 1 heterocycles. The van der Waals surface area contributed by atoms with Crippen molar-refractivity contribution in [3.63, 3.8) is 0 Å². The minimum atomic E-state index is -3.82. The lowest BCUT2D eigenvalue weighted by Gasteiger charge is -2.01. The fourth-order valence-corrected chi connectivity index (χ4v) is 3.09. The first kappa shape index (κ1) is 15.1. The molecular formula is C8H12N2O5S3. The minimum absolute atomic E-state index is 0.0295. The van der Waals surface area contributed by atoms with Gasteiger partial charge in [-0.15, -0.1) is 11.3 Å². The Morgan fingerprint density at radius 2 is 2.00 bits per heavy atom. The summed E-state index contributed by atoms with van der Waals surface area (Å²) in [6, 6.07) is 1.15. The van der Waals surface area contributed by atoms with Crippen molar-refractivity contribution in [1.82, 2.24) is 5.32 Å². The fourth-order valence-electron chi connectivity index (χ4n) is 1.04. The van der Waals surface area contributed by atoms with Crippen LogP contribution in [0.1, 0.15) is 10.4 Å². The fraction of sp³-hybridized carbons (Fsp3) is 0.375. The van der Waals surface area contributed by atoms with Gasteiger partial charge in [-0.25, -0.2) is 22.0 Å². The number of hydrogen-bond donors (Lipinski definition) is 2. The molecule has 1 amide bonds. The SMILES string of the molecule is CS(=O)(=O)CCNC(=O)c1csc(S(N)(=O)=O)c1. The summed E-state index contributed by atoms with van der Waals surface area (Å²) >= 11 is 0.832. The van der Waals surface area contributed by atoms with Crippen molar-refractivity contribution in [3.8, 4) is 0 Å². The summed E-state index contributed by atoms with van der Waals surface area (Å²) in [5, 5.41) is 8.62. The van der Waals surface area contributed by atoms with E-state index < -0.39 is 25.8 Å². The molecule has 0 aliphatic heterocycles. The van der Waals surface area contributed by atoms with Crippen LogP contribution >= 0.6 is 11.3 Å². The number of carbonyl (C=O) groups excluding carboxylic acids is 1. The van der Waals surface area contributed by atoms with E-state index in [4.69, 9.17) is 5.14 Å². The first-order chi connectivity index (χ1) is 8.09. The van der Waals surface area contributed by atoms with Crippen LogP contribution in [0.4, 0.5) is 0 Å². The van der Waals surface area contributed by atoms with Crippen LogP contribution < -0.4 is 10.5 Å². The maximum atomic E-state index is 11.5. The summed E-state index contributed by atoms with van der Waals surface area (Å²) in [5.41, 5.74) is 0.137. The van der Waals surface area contributed by atoms with Gasteiger partial charge in [0.25, 0.3) is 5.91 Å². The Hall–Kier alpha value is -0.970. The number of sulfone groups is 1. The number of amides is 1. The van der Waals surface area contributed by atoms with Crippen molar-refractivity contribution < 1.29 is 21.6 Å². The molecule has 0 radical (unpaired) electrons. The normalized spacial score (nSPS) is 12.3. The van der Waals surface area contributed by atoms with Crippen LogP contribution in [0.15, 0.2) is 15.7 Å². The van der Waals surface area contributed by atoms with Crippen LogP contribution in [-0.2, 0) is 19.9 Å². The average Bonchev–Trinajstić information content (AvgIpc) is 2.62. The standard InChI is InChI=1S/C8H12N2O5S3/c1-17(12,13)3-2-10-8(11)6-4-7(16-5-6)18(9,14)15/h4-5H,2-3H2,1H3,(H,10,11)(H2,9,14,15). The first-order valence-electron chi connectivity index (χ1n) is 4.67. The molecule has 0 aliphatic rings. The largest absolute Gasteiger partial charge is 0.351 e. The second-order valence-corrected chi connectivity index (χ2v) is 8.54. The van der Waals surface area contributed by atoms with E-state index in [0.29, 0.717) is 0 Å². The Labute approximate surface area is 109 Å². The van der Waals surface area contributed by atoms with E-state index in [9.17, 15) is 21.6 Å². The Kier molecular flexibility index (Phi) is 4.48. The second-order valence-electron chi connectivity index (χ2n) is 3.59. The number of carbonyl (C=O) groups is 1. The number of primary sulfonamides is 1. The predicted octanol–water partition coefficient (Wildman–Crippen LogP) is -0.830. The van der Waals surface area contributed by atoms with E-state index in [1.807, 2.05) is 0 Å². The van der Waals surface area contributed by atoms with Crippen molar-refractivity contribution in [3.05, 3.63) is 17.0 Å². The molecule has 3 N–H and O–H groups in total. The van der Waals surface area contributed by atoms with Crippen molar-refractivity contribution in [2.45, 2.75) is 4.21 Å². The number of hydrogen-bond acceptors (Lipinski definition) is 6. The van der Waals surface area contributed by atoms with E-state index in [1.165, 1.54) is 5.38 Å². The molecule has 0 spiro atoms. The van der Waals surface area contributed by atoms with E-state index in [2.05, 4.69) is 5.32 Å². The molecule has 0 bridgehead atoms. The molecule has 0 fully saturated rings. The van der Waals surface area contributed by atoms with Gasteiger partial charge in [0.1, 0.15) is 14.0 Å². The lowest BCUT2D eigenvalue weighted by Crippen LogP contribution is -2.28. The number of nitrogens with one attached hydrogen (secondary N) is 1. The van der Waals surface area contributed by atoms with E-state index in [-0.39, 0.29) is 22.1 Å². The van der Waals surface area contributed by atoms with Gasteiger partial charge in [-0.05, 0) is 6.07 Å². The van der Waals surface area contributed by atoms with E-state index in [0.717, 1.165) is 23.7 Å². The van der Waals surface area contributed by atoms with Crippen LogP contribution in [0.3, 0.4) is 0 Å². The third kappa shape index (κ3) is 4.72. The Morgan fingerprint density at radius 1 is 1.39 bits per heavy atom. The number of rotatable bonds is 5. The maximum Gasteiger partial charge on any atom is 0.252 e. The highest BCUT2D eigenvalue weighted by molar-refractivity contribution is 7.91. The van der Waals surface area contributed by atoms with Crippen molar-refractivity contribution in [1.29, 1.82) is 0 Å². The van der Waals surface area contributed by atoms with Crippen LogP contribution in [0.5, 0.6) is 0 Å². The first-order valence-corrected chi connectivity index (χ1v) is 9.15. The van der Waals surface area contributed by atoms with Gasteiger partial charge in [-0.3, -0.25) is 4.79 Å². The van der Waals surface area contributed by atoms with Gasteiger partial charge < -0.3 is 5.32 Å². The third-order valence-electron chi connectivity index (χ3n) is 1.88. The van der Waals surface area contributed by atoms with Crippen molar-refractivity contribution in [2.24, 2.45) is 5.14 Å². The molecule has 0 aromatic carbocycles. The molecular weight excluding hydrogens is 300 g/mol. The molecule has 0 atom stereocenters. The average molecular weight is 312 g/mol. The summed E-state index contributed by atoms with van der Waals surface area (Å²) in [6.45, 7) is -0.0295. The summed E-state index contributed by atoms with van der Waals surface area (Å²) in [5.74, 6) is -0.713.